The van der Waals surface area contributed by atoms with Crippen molar-refractivity contribution in [3.63, 3.8) is 0 Å². The Hall–Kier alpha value is -1.13. The van der Waals surface area contributed by atoms with E-state index in [4.69, 9.17) is 25.5 Å². The first-order chi connectivity index (χ1) is 8.75. The van der Waals surface area contributed by atoms with Crippen LogP contribution in [0.3, 0.4) is 0 Å². The SMILES string of the molecule is ClC(c1ccc2c(c1)OCCO2)c1ccoc1Br. The molecule has 5 heteroatoms. The molecule has 1 aromatic heterocycles. The summed E-state index contributed by atoms with van der Waals surface area (Å²) in [6.07, 6.45) is 1.60. The highest BCUT2D eigenvalue weighted by atomic mass is 79.9. The normalized spacial score (nSPS) is 15.4. The summed E-state index contributed by atoms with van der Waals surface area (Å²) in [5, 5.41) is -0.283. The Morgan fingerprint density at radius 2 is 1.89 bits per heavy atom. The number of alkyl halides is 1. The molecule has 1 unspecified atom stereocenters. The predicted molar refractivity (Wildman–Crippen MR) is 71.5 cm³/mol. The quantitative estimate of drug-likeness (QED) is 0.776. The maximum atomic E-state index is 6.43. The zero-order chi connectivity index (χ0) is 12.5. The molecule has 1 aromatic carbocycles. The van der Waals surface area contributed by atoms with Gasteiger partial charge in [0, 0.05) is 5.56 Å². The average Bonchev–Trinajstić information content (AvgIpc) is 2.83. The van der Waals surface area contributed by atoms with Gasteiger partial charge in [-0.25, -0.2) is 0 Å². The molecule has 18 heavy (non-hydrogen) atoms. The minimum absolute atomic E-state index is 0.283. The Balaban J connectivity index is 1.95. The summed E-state index contributed by atoms with van der Waals surface area (Å²) in [5.74, 6) is 1.50. The van der Waals surface area contributed by atoms with E-state index in [0.29, 0.717) is 17.9 Å². The summed E-state index contributed by atoms with van der Waals surface area (Å²) in [4.78, 5) is 0. The standard InChI is InChI=1S/C13H10BrClO3/c14-13-9(3-4-18-13)12(15)8-1-2-10-11(7-8)17-6-5-16-10/h1-4,7,12H,5-6H2. The van der Waals surface area contributed by atoms with Crippen molar-refractivity contribution in [2.24, 2.45) is 0 Å². The van der Waals surface area contributed by atoms with E-state index in [9.17, 15) is 0 Å². The van der Waals surface area contributed by atoms with Crippen molar-refractivity contribution in [2.75, 3.05) is 13.2 Å². The lowest BCUT2D eigenvalue weighted by molar-refractivity contribution is 0.171. The predicted octanol–water partition coefficient (Wildman–Crippen LogP) is 4.14. The molecule has 0 saturated carbocycles. The molecule has 1 aliphatic rings. The highest BCUT2D eigenvalue weighted by Gasteiger charge is 2.19. The molecule has 3 nitrogen and oxygen atoms in total. The minimum Gasteiger partial charge on any atom is -0.486 e. The van der Waals surface area contributed by atoms with E-state index < -0.39 is 0 Å². The number of halogens is 2. The number of benzene rings is 1. The van der Waals surface area contributed by atoms with Crippen LogP contribution in [0.15, 0.2) is 39.6 Å². The maximum Gasteiger partial charge on any atom is 0.173 e. The van der Waals surface area contributed by atoms with Gasteiger partial charge in [-0.2, -0.15) is 0 Å². The van der Waals surface area contributed by atoms with Crippen LogP contribution in [-0.2, 0) is 0 Å². The minimum atomic E-state index is -0.283. The van der Waals surface area contributed by atoms with E-state index in [1.165, 1.54) is 0 Å². The summed E-state index contributed by atoms with van der Waals surface area (Å²) in [6, 6.07) is 7.57. The second-order valence-electron chi connectivity index (χ2n) is 3.92. The lowest BCUT2D eigenvalue weighted by atomic mass is 10.1. The molecule has 0 saturated heterocycles. The second-order valence-corrected chi connectivity index (χ2v) is 5.07. The molecule has 94 valence electrons. The topological polar surface area (TPSA) is 31.6 Å². The Bertz CT molecular complexity index is 567. The molecule has 2 aromatic rings. The van der Waals surface area contributed by atoms with Gasteiger partial charge in [-0.1, -0.05) is 6.07 Å². The van der Waals surface area contributed by atoms with Gasteiger partial charge in [-0.3, -0.25) is 0 Å². The van der Waals surface area contributed by atoms with Crippen LogP contribution in [0.25, 0.3) is 0 Å². The average molecular weight is 330 g/mol. The second kappa shape index (κ2) is 4.86. The summed E-state index contributed by atoms with van der Waals surface area (Å²) >= 11 is 9.77. The molecule has 0 amide bonds. The van der Waals surface area contributed by atoms with Crippen molar-refractivity contribution in [3.05, 3.63) is 46.3 Å². The smallest absolute Gasteiger partial charge is 0.173 e. The highest BCUT2D eigenvalue weighted by Crippen LogP contribution is 2.39. The van der Waals surface area contributed by atoms with Crippen LogP contribution in [0.1, 0.15) is 16.5 Å². The van der Waals surface area contributed by atoms with Gasteiger partial charge < -0.3 is 13.9 Å². The molecule has 1 aliphatic heterocycles. The lowest BCUT2D eigenvalue weighted by Gasteiger charge is -2.19. The zero-order valence-corrected chi connectivity index (χ0v) is 11.7. The third kappa shape index (κ3) is 2.10. The Morgan fingerprint density at radius 1 is 1.11 bits per heavy atom. The lowest BCUT2D eigenvalue weighted by Crippen LogP contribution is -2.15. The molecule has 0 aliphatic carbocycles. The van der Waals surface area contributed by atoms with Gasteiger partial charge in [0.15, 0.2) is 16.2 Å². The molecule has 1 atom stereocenters. The van der Waals surface area contributed by atoms with Gasteiger partial charge in [0.1, 0.15) is 13.2 Å². The molecule has 2 heterocycles. The molecule has 0 fully saturated rings. The molecule has 0 spiro atoms. The van der Waals surface area contributed by atoms with E-state index in [0.717, 1.165) is 22.6 Å². The monoisotopic (exact) mass is 328 g/mol. The third-order valence-corrected chi connectivity index (χ3v) is 3.91. The van der Waals surface area contributed by atoms with Crippen LogP contribution in [0.5, 0.6) is 11.5 Å². The maximum absolute atomic E-state index is 6.43. The first-order valence-corrected chi connectivity index (χ1v) is 6.75. The molecule has 0 radical (unpaired) electrons. The van der Waals surface area contributed by atoms with Crippen LogP contribution in [-0.4, -0.2) is 13.2 Å². The molecular formula is C13H10BrClO3. The Morgan fingerprint density at radius 3 is 2.61 bits per heavy atom. The van der Waals surface area contributed by atoms with Gasteiger partial charge in [0.25, 0.3) is 0 Å². The van der Waals surface area contributed by atoms with Gasteiger partial charge in [0.2, 0.25) is 0 Å². The Kier molecular flexibility index (Phi) is 3.22. The summed E-state index contributed by atoms with van der Waals surface area (Å²) in [7, 11) is 0. The molecule has 3 rings (SSSR count). The summed E-state index contributed by atoms with van der Waals surface area (Å²) < 4.78 is 16.9. The molecular weight excluding hydrogens is 319 g/mol. The number of hydrogen-bond donors (Lipinski definition) is 0. The van der Waals surface area contributed by atoms with Crippen molar-refractivity contribution in [1.29, 1.82) is 0 Å². The fourth-order valence-electron chi connectivity index (χ4n) is 1.88. The summed E-state index contributed by atoms with van der Waals surface area (Å²) in [5.41, 5.74) is 1.84. The highest BCUT2D eigenvalue weighted by molar-refractivity contribution is 9.10. The summed E-state index contributed by atoms with van der Waals surface area (Å²) in [6.45, 7) is 1.16. The van der Waals surface area contributed by atoms with Gasteiger partial charge >= 0.3 is 0 Å². The van der Waals surface area contributed by atoms with Crippen LogP contribution in [0.4, 0.5) is 0 Å². The van der Waals surface area contributed by atoms with Crippen LogP contribution >= 0.6 is 27.5 Å². The number of ether oxygens (including phenoxy) is 2. The van der Waals surface area contributed by atoms with Crippen LogP contribution < -0.4 is 9.47 Å². The number of hydrogen-bond acceptors (Lipinski definition) is 3. The Labute approximate surface area is 118 Å². The van der Waals surface area contributed by atoms with E-state index in [-0.39, 0.29) is 5.38 Å². The molecule has 0 bridgehead atoms. The van der Waals surface area contributed by atoms with Gasteiger partial charge in [0.05, 0.1) is 11.6 Å². The van der Waals surface area contributed by atoms with Crippen molar-refractivity contribution in [1.82, 2.24) is 0 Å². The fourth-order valence-corrected chi connectivity index (χ4v) is 2.79. The largest absolute Gasteiger partial charge is 0.486 e. The van der Waals surface area contributed by atoms with Crippen LogP contribution in [0, 0.1) is 0 Å². The first kappa shape index (κ1) is 11.9. The van der Waals surface area contributed by atoms with E-state index in [1.807, 2.05) is 24.3 Å². The number of rotatable bonds is 2. The van der Waals surface area contributed by atoms with E-state index in [2.05, 4.69) is 15.9 Å². The van der Waals surface area contributed by atoms with Crippen molar-refractivity contribution >= 4 is 27.5 Å². The fraction of sp³-hybridized carbons (Fsp3) is 0.231. The zero-order valence-electron chi connectivity index (χ0n) is 9.36. The van der Waals surface area contributed by atoms with Crippen molar-refractivity contribution < 1.29 is 13.9 Å². The van der Waals surface area contributed by atoms with Crippen LogP contribution in [0.2, 0.25) is 0 Å². The van der Waals surface area contributed by atoms with Crippen molar-refractivity contribution in [2.45, 2.75) is 5.38 Å². The number of fused-ring (bicyclic) bond motifs is 1. The van der Waals surface area contributed by atoms with Gasteiger partial charge in [-0.05, 0) is 39.7 Å². The number of furan rings is 1. The van der Waals surface area contributed by atoms with Crippen molar-refractivity contribution in [3.8, 4) is 11.5 Å². The molecule has 0 N–H and O–H groups in total. The van der Waals surface area contributed by atoms with E-state index >= 15 is 0 Å². The van der Waals surface area contributed by atoms with Gasteiger partial charge in [-0.15, -0.1) is 11.6 Å². The first-order valence-electron chi connectivity index (χ1n) is 5.52. The van der Waals surface area contributed by atoms with E-state index in [1.54, 1.807) is 6.26 Å². The third-order valence-electron chi connectivity index (χ3n) is 2.78.